The largest absolute Gasteiger partial charge is 0.508 e. The van der Waals surface area contributed by atoms with E-state index >= 15 is 0 Å². The van der Waals surface area contributed by atoms with E-state index in [1.54, 1.807) is 18.2 Å². The number of aromatic hydroxyl groups is 1. The number of carbonyl (C=O) groups excluding carboxylic acids is 2. The zero-order valence-electron chi connectivity index (χ0n) is 11.3. The van der Waals surface area contributed by atoms with Crippen molar-refractivity contribution in [2.24, 2.45) is 35.5 Å². The molecule has 4 nitrogen and oxygen atoms in total. The molecule has 5 aliphatic rings. The maximum atomic E-state index is 12.8. The van der Waals surface area contributed by atoms with Crippen molar-refractivity contribution in [2.75, 3.05) is 4.90 Å². The lowest BCUT2D eigenvalue weighted by atomic mass is 9.63. The van der Waals surface area contributed by atoms with Gasteiger partial charge in [0.05, 0.1) is 17.5 Å². The van der Waals surface area contributed by atoms with Crippen LogP contribution < -0.4 is 4.90 Å². The molecule has 1 heterocycles. The van der Waals surface area contributed by atoms with E-state index in [0.29, 0.717) is 17.5 Å². The lowest BCUT2D eigenvalue weighted by Gasteiger charge is -2.37. The van der Waals surface area contributed by atoms with Crippen LogP contribution in [0, 0.1) is 35.5 Å². The topological polar surface area (TPSA) is 57.6 Å². The van der Waals surface area contributed by atoms with E-state index in [0.717, 1.165) is 0 Å². The predicted octanol–water partition coefficient (Wildman–Crippen LogP) is 1.95. The number of carbonyl (C=O) groups is 2. The van der Waals surface area contributed by atoms with Crippen molar-refractivity contribution in [1.29, 1.82) is 0 Å². The number of phenols is 1. The van der Waals surface area contributed by atoms with E-state index in [2.05, 4.69) is 12.2 Å². The normalized spacial score (nSPS) is 42.2. The second kappa shape index (κ2) is 3.56. The summed E-state index contributed by atoms with van der Waals surface area (Å²) in [6.07, 6.45) is 5.50. The number of imide groups is 1. The molecule has 0 aromatic heterocycles. The maximum absolute atomic E-state index is 12.8. The molecule has 0 spiro atoms. The number of amides is 2. The van der Waals surface area contributed by atoms with E-state index in [4.69, 9.17) is 0 Å². The van der Waals surface area contributed by atoms with Crippen molar-refractivity contribution in [1.82, 2.24) is 0 Å². The molecule has 1 aliphatic heterocycles. The molecule has 0 unspecified atom stereocenters. The Kier molecular flexibility index (Phi) is 1.96. The summed E-state index contributed by atoms with van der Waals surface area (Å²) in [5, 5.41) is 9.61. The first-order chi connectivity index (χ1) is 10.2. The number of nitrogens with zero attached hydrogens (tertiary/aromatic N) is 1. The SMILES string of the molecule is O=C1[C@@H]2[C@@H]3C=C[C@H]([C@@H]4C[C@H]34)[C@@H]2C(=O)N1c1cccc(O)c1. The van der Waals surface area contributed by atoms with Crippen LogP contribution in [0.25, 0.3) is 0 Å². The van der Waals surface area contributed by atoms with E-state index in [9.17, 15) is 14.7 Å². The highest BCUT2D eigenvalue weighted by molar-refractivity contribution is 6.22. The van der Waals surface area contributed by atoms with Crippen molar-refractivity contribution >= 4 is 17.5 Å². The molecule has 2 amide bonds. The Morgan fingerprint density at radius 1 is 1.00 bits per heavy atom. The van der Waals surface area contributed by atoms with E-state index in [1.807, 2.05) is 0 Å². The first-order valence-electron chi connectivity index (χ1n) is 7.52. The predicted molar refractivity (Wildman–Crippen MR) is 75.3 cm³/mol. The Hall–Kier alpha value is -2.10. The van der Waals surface area contributed by atoms with Crippen LogP contribution in [0.4, 0.5) is 5.69 Å². The summed E-state index contributed by atoms with van der Waals surface area (Å²) in [4.78, 5) is 26.9. The fraction of sp³-hybridized carbons (Fsp3) is 0.412. The van der Waals surface area contributed by atoms with Crippen molar-refractivity contribution in [3.05, 3.63) is 36.4 Å². The molecule has 6 rings (SSSR count). The van der Waals surface area contributed by atoms with Crippen LogP contribution in [0.1, 0.15) is 6.42 Å². The zero-order chi connectivity index (χ0) is 14.3. The van der Waals surface area contributed by atoms with Crippen LogP contribution in [0.15, 0.2) is 36.4 Å². The quantitative estimate of drug-likeness (QED) is 0.632. The number of rotatable bonds is 1. The Bertz CT molecular complexity index is 674. The molecule has 2 bridgehead atoms. The van der Waals surface area contributed by atoms with Crippen LogP contribution in [0.3, 0.4) is 0 Å². The first-order valence-corrected chi connectivity index (χ1v) is 7.52. The fourth-order valence-corrected chi connectivity index (χ4v) is 4.84. The van der Waals surface area contributed by atoms with Gasteiger partial charge in [0, 0.05) is 6.07 Å². The minimum Gasteiger partial charge on any atom is -0.508 e. The average molecular weight is 281 g/mol. The number of allylic oxidation sites excluding steroid dienone is 2. The number of hydrogen-bond acceptors (Lipinski definition) is 3. The minimum atomic E-state index is -0.182. The molecule has 1 saturated heterocycles. The van der Waals surface area contributed by atoms with Gasteiger partial charge < -0.3 is 5.11 Å². The summed E-state index contributed by atoms with van der Waals surface area (Å²) in [6.45, 7) is 0. The smallest absolute Gasteiger partial charge is 0.238 e. The highest BCUT2D eigenvalue weighted by atomic mass is 16.3. The van der Waals surface area contributed by atoms with Gasteiger partial charge in [0.2, 0.25) is 11.8 Å². The van der Waals surface area contributed by atoms with Crippen LogP contribution >= 0.6 is 0 Å². The number of phenolic OH excluding ortho intramolecular Hbond substituents is 1. The van der Waals surface area contributed by atoms with Gasteiger partial charge in [-0.15, -0.1) is 0 Å². The molecule has 4 heteroatoms. The summed E-state index contributed by atoms with van der Waals surface area (Å²) >= 11 is 0. The molecule has 1 aromatic rings. The molecule has 6 atom stereocenters. The maximum Gasteiger partial charge on any atom is 0.238 e. The summed E-state index contributed by atoms with van der Waals surface area (Å²) in [5.74, 6) is 1.25. The van der Waals surface area contributed by atoms with Gasteiger partial charge in [-0.2, -0.15) is 0 Å². The minimum absolute atomic E-state index is 0.0758. The number of anilines is 1. The van der Waals surface area contributed by atoms with Crippen LogP contribution in [-0.4, -0.2) is 16.9 Å². The van der Waals surface area contributed by atoms with Crippen molar-refractivity contribution in [2.45, 2.75) is 6.42 Å². The zero-order valence-corrected chi connectivity index (χ0v) is 11.3. The molecular weight excluding hydrogens is 266 g/mol. The molecule has 106 valence electrons. The molecule has 2 saturated carbocycles. The molecule has 1 aromatic carbocycles. The Morgan fingerprint density at radius 3 is 2.19 bits per heavy atom. The molecule has 0 radical (unpaired) electrons. The molecule has 21 heavy (non-hydrogen) atoms. The highest BCUT2D eigenvalue weighted by Gasteiger charge is 2.67. The van der Waals surface area contributed by atoms with Crippen molar-refractivity contribution in [3.8, 4) is 5.75 Å². The monoisotopic (exact) mass is 281 g/mol. The van der Waals surface area contributed by atoms with Gasteiger partial charge in [0.25, 0.3) is 0 Å². The summed E-state index contributed by atoms with van der Waals surface area (Å²) in [7, 11) is 0. The van der Waals surface area contributed by atoms with Gasteiger partial charge >= 0.3 is 0 Å². The average Bonchev–Trinajstić information content (AvgIpc) is 3.24. The highest BCUT2D eigenvalue weighted by Crippen LogP contribution is 2.65. The van der Waals surface area contributed by atoms with E-state index in [-0.39, 0.29) is 41.2 Å². The van der Waals surface area contributed by atoms with Gasteiger partial charge in [-0.1, -0.05) is 18.2 Å². The van der Waals surface area contributed by atoms with Gasteiger partial charge in [-0.05, 0) is 42.2 Å². The third kappa shape index (κ3) is 1.30. The molecule has 3 fully saturated rings. The van der Waals surface area contributed by atoms with Gasteiger partial charge in [0.1, 0.15) is 5.75 Å². The van der Waals surface area contributed by atoms with Crippen molar-refractivity contribution in [3.63, 3.8) is 0 Å². The summed E-state index contributed by atoms with van der Waals surface area (Å²) < 4.78 is 0. The summed E-state index contributed by atoms with van der Waals surface area (Å²) in [6, 6.07) is 6.41. The lowest BCUT2D eigenvalue weighted by Crippen LogP contribution is -2.40. The van der Waals surface area contributed by atoms with Gasteiger partial charge in [0.15, 0.2) is 0 Å². The van der Waals surface area contributed by atoms with E-state index < -0.39 is 0 Å². The fourth-order valence-electron chi connectivity index (χ4n) is 4.84. The second-order valence-corrected chi connectivity index (χ2v) is 6.69. The number of benzene rings is 1. The Labute approximate surface area is 122 Å². The number of hydrogen-bond donors (Lipinski definition) is 1. The van der Waals surface area contributed by atoms with Gasteiger partial charge in [-0.25, -0.2) is 4.90 Å². The molecular formula is C17H15NO3. The van der Waals surface area contributed by atoms with Crippen LogP contribution in [0.2, 0.25) is 0 Å². The summed E-state index contributed by atoms with van der Waals surface area (Å²) in [5.41, 5.74) is 0.493. The third-order valence-corrected chi connectivity index (χ3v) is 5.75. The lowest BCUT2D eigenvalue weighted by molar-refractivity contribution is -0.124. The van der Waals surface area contributed by atoms with Crippen molar-refractivity contribution < 1.29 is 14.7 Å². The standard InChI is InChI=1S/C17H15NO3/c19-9-3-1-2-8(6-9)18-16(20)14-10-4-5-11(13-7-12(10)13)15(14)17(18)21/h1-6,10-15,19H,7H2/t10-,11-,12-,13+,14-,15+/m1/s1. The molecule has 4 aliphatic carbocycles. The van der Waals surface area contributed by atoms with Gasteiger partial charge in [-0.3, -0.25) is 9.59 Å². The Balaban J connectivity index is 1.60. The van der Waals surface area contributed by atoms with E-state index in [1.165, 1.54) is 17.4 Å². The second-order valence-electron chi connectivity index (χ2n) is 6.69. The molecule has 1 N–H and O–H groups in total. The van der Waals surface area contributed by atoms with Crippen LogP contribution in [-0.2, 0) is 9.59 Å². The van der Waals surface area contributed by atoms with Crippen LogP contribution in [0.5, 0.6) is 5.75 Å². The third-order valence-electron chi connectivity index (χ3n) is 5.75. The Morgan fingerprint density at radius 2 is 1.62 bits per heavy atom. The first kappa shape index (κ1) is 11.5.